The van der Waals surface area contributed by atoms with Crippen LogP contribution in [0, 0.1) is 17.0 Å². The normalized spacial score (nSPS) is 18.0. The van der Waals surface area contributed by atoms with Gasteiger partial charge in [0, 0.05) is 26.6 Å². The number of nitro groups is 1. The quantitative estimate of drug-likeness (QED) is 0.392. The molecule has 2 heterocycles. The molecule has 0 radical (unpaired) electrons. The second kappa shape index (κ2) is 7.47. The Morgan fingerprint density at radius 1 is 1.48 bits per heavy atom. The molecule has 0 bridgehead atoms. The minimum Gasteiger partial charge on any atom is -0.379 e. The maximum atomic E-state index is 11.2. The number of nitrogens with zero attached hydrogens (tertiary/aromatic N) is 4. The molecule has 0 aromatic carbocycles. The highest BCUT2D eigenvalue weighted by atomic mass is 31.2. The number of ether oxygens (including phenoxy) is 1. The van der Waals surface area contributed by atoms with Gasteiger partial charge < -0.3 is 24.6 Å². The molecule has 23 heavy (non-hydrogen) atoms. The lowest BCUT2D eigenvalue weighted by atomic mass is 10.3. The van der Waals surface area contributed by atoms with Crippen LogP contribution in [0.15, 0.2) is 6.20 Å². The van der Waals surface area contributed by atoms with E-state index in [0.29, 0.717) is 32.1 Å². The van der Waals surface area contributed by atoms with Gasteiger partial charge in [-0.25, -0.2) is 14.1 Å². The molecule has 0 aliphatic carbocycles. The zero-order chi connectivity index (χ0) is 17.0. The Morgan fingerprint density at radius 3 is 2.70 bits per heavy atom. The van der Waals surface area contributed by atoms with E-state index >= 15 is 0 Å². The highest BCUT2D eigenvalue weighted by Gasteiger charge is 2.29. The predicted octanol–water partition coefficient (Wildman–Crippen LogP) is -0.0902. The molecule has 1 aliphatic rings. The Labute approximate surface area is 132 Å². The summed E-state index contributed by atoms with van der Waals surface area (Å²) in [6.07, 6.45) is 0.194. The van der Waals surface area contributed by atoms with Gasteiger partial charge in [0.1, 0.15) is 18.8 Å². The molecule has 1 aromatic rings. The van der Waals surface area contributed by atoms with Crippen LogP contribution in [-0.4, -0.2) is 68.1 Å². The largest absolute Gasteiger partial charge is 0.470 e. The highest BCUT2D eigenvalue weighted by Crippen LogP contribution is 2.38. The number of hydrogen-bond acceptors (Lipinski definition) is 7. The van der Waals surface area contributed by atoms with Crippen molar-refractivity contribution in [3.05, 3.63) is 22.1 Å². The molecule has 1 unspecified atom stereocenters. The fourth-order valence-corrected chi connectivity index (χ4v) is 2.94. The first-order valence-corrected chi connectivity index (χ1v) is 8.50. The van der Waals surface area contributed by atoms with Crippen molar-refractivity contribution in [3.8, 4) is 0 Å². The number of morpholine rings is 1. The Hall–Kier alpha value is -1.36. The number of rotatable bonds is 7. The third kappa shape index (κ3) is 5.34. The van der Waals surface area contributed by atoms with Crippen molar-refractivity contribution in [2.24, 2.45) is 0 Å². The van der Waals surface area contributed by atoms with Crippen LogP contribution in [0.1, 0.15) is 5.82 Å². The summed E-state index contributed by atoms with van der Waals surface area (Å²) < 4.78 is 22.5. The van der Waals surface area contributed by atoms with Crippen LogP contribution in [0.3, 0.4) is 0 Å². The van der Waals surface area contributed by atoms with Crippen LogP contribution in [-0.2, 0) is 20.4 Å². The van der Waals surface area contributed by atoms with E-state index in [4.69, 9.17) is 19.0 Å². The Morgan fingerprint density at radius 2 is 2.13 bits per heavy atom. The van der Waals surface area contributed by atoms with Crippen LogP contribution < -0.4 is 0 Å². The molecule has 1 atom stereocenters. The lowest BCUT2D eigenvalue weighted by Crippen LogP contribution is -2.42. The van der Waals surface area contributed by atoms with Crippen LogP contribution >= 0.6 is 7.82 Å². The summed E-state index contributed by atoms with van der Waals surface area (Å²) in [6, 6.07) is 0. The van der Waals surface area contributed by atoms with E-state index in [2.05, 4.69) is 4.98 Å². The van der Waals surface area contributed by atoms with Crippen molar-refractivity contribution >= 4 is 13.6 Å². The number of imidazole rings is 1. The molecule has 11 nitrogen and oxygen atoms in total. The van der Waals surface area contributed by atoms with E-state index < -0.39 is 18.8 Å². The predicted molar refractivity (Wildman–Crippen MR) is 77.8 cm³/mol. The number of aryl methyl sites for hydroxylation is 1. The van der Waals surface area contributed by atoms with Gasteiger partial charge >= 0.3 is 13.6 Å². The summed E-state index contributed by atoms with van der Waals surface area (Å²) in [7, 11) is -4.72. The maximum absolute atomic E-state index is 11.2. The fraction of sp³-hybridized carbons (Fsp3) is 0.727. The molecule has 0 amide bonds. The van der Waals surface area contributed by atoms with Gasteiger partial charge in [-0.15, -0.1) is 0 Å². The monoisotopic (exact) mass is 350 g/mol. The van der Waals surface area contributed by atoms with Crippen LogP contribution in [0.5, 0.6) is 0 Å². The molecule has 1 fully saturated rings. The number of phosphoric ester groups is 1. The van der Waals surface area contributed by atoms with Gasteiger partial charge in [0.05, 0.1) is 13.2 Å². The molecular formula is C11H19N4O7P. The molecule has 1 aliphatic heterocycles. The highest BCUT2D eigenvalue weighted by molar-refractivity contribution is 7.46. The number of hydrogen-bond donors (Lipinski definition) is 2. The van der Waals surface area contributed by atoms with E-state index in [1.54, 1.807) is 6.92 Å². The van der Waals surface area contributed by atoms with Gasteiger partial charge in [0.25, 0.3) is 0 Å². The van der Waals surface area contributed by atoms with Gasteiger partial charge in [0.15, 0.2) is 5.82 Å². The summed E-state index contributed by atoms with van der Waals surface area (Å²) in [6.45, 7) is 3.97. The third-order valence-electron chi connectivity index (χ3n) is 3.46. The van der Waals surface area contributed by atoms with Crippen molar-refractivity contribution in [1.82, 2.24) is 14.5 Å². The van der Waals surface area contributed by atoms with Crippen molar-refractivity contribution < 1.29 is 28.5 Å². The second-order valence-electron chi connectivity index (χ2n) is 5.16. The Bertz CT molecular complexity index is 595. The first-order chi connectivity index (χ1) is 10.8. The van der Waals surface area contributed by atoms with E-state index in [0.717, 1.165) is 6.20 Å². The van der Waals surface area contributed by atoms with Gasteiger partial charge in [-0.2, -0.15) is 0 Å². The molecule has 2 N–H and O–H groups in total. The maximum Gasteiger partial charge on any atom is 0.470 e. The first-order valence-electron chi connectivity index (χ1n) is 6.97. The Kier molecular flexibility index (Phi) is 5.84. The zero-order valence-corrected chi connectivity index (χ0v) is 13.5. The lowest BCUT2D eigenvalue weighted by molar-refractivity contribution is -0.392. The van der Waals surface area contributed by atoms with Crippen molar-refractivity contribution in [2.45, 2.75) is 19.6 Å². The number of phosphoric acid groups is 1. The Balaban J connectivity index is 2.15. The summed E-state index contributed by atoms with van der Waals surface area (Å²) in [4.78, 5) is 34.4. The van der Waals surface area contributed by atoms with E-state index in [1.165, 1.54) is 4.57 Å². The minimum absolute atomic E-state index is 0.0788. The molecule has 130 valence electrons. The first kappa shape index (κ1) is 18.0. The number of aromatic nitrogens is 2. The van der Waals surface area contributed by atoms with Gasteiger partial charge in [-0.3, -0.25) is 9.42 Å². The summed E-state index contributed by atoms with van der Waals surface area (Å²) in [5, 5.41) is 11.0. The van der Waals surface area contributed by atoms with Gasteiger partial charge in [0.2, 0.25) is 0 Å². The molecular weight excluding hydrogens is 331 g/mol. The van der Waals surface area contributed by atoms with Crippen LogP contribution in [0.2, 0.25) is 0 Å². The molecule has 1 saturated heterocycles. The molecule has 12 heteroatoms. The van der Waals surface area contributed by atoms with E-state index in [-0.39, 0.29) is 18.9 Å². The average molecular weight is 350 g/mol. The van der Waals surface area contributed by atoms with Gasteiger partial charge in [-0.05, 0) is 4.92 Å². The summed E-state index contributed by atoms with van der Waals surface area (Å²) >= 11 is 0. The molecule has 1 aromatic heterocycles. The van der Waals surface area contributed by atoms with Crippen LogP contribution in [0.25, 0.3) is 0 Å². The second-order valence-corrected chi connectivity index (χ2v) is 6.35. The third-order valence-corrected chi connectivity index (χ3v) is 4.03. The van der Waals surface area contributed by atoms with E-state index in [1.807, 2.05) is 4.90 Å². The van der Waals surface area contributed by atoms with Crippen molar-refractivity contribution in [1.29, 1.82) is 0 Å². The fourth-order valence-electron chi connectivity index (χ4n) is 2.42. The summed E-state index contributed by atoms with van der Waals surface area (Å²) in [5.41, 5.74) is 0. The SMILES string of the molecule is Cc1ncc([N+](=O)[O-])n1CC(CN1CCOCC1)OP(=O)(O)O. The topological polar surface area (TPSA) is 140 Å². The molecule has 2 rings (SSSR count). The standard InChI is InChI=1S/C11H19N4O7P/c1-9-12-6-11(15(16)17)14(9)8-10(22-23(18,19)20)7-13-2-4-21-5-3-13/h6,10H,2-5,7-8H2,1H3,(H2,18,19,20). The van der Waals surface area contributed by atoms with E-state index in [9.17, 15) is 14.7 Å². The minimum atomic E-state index is -4.72. The van der Waals surface area contributed by atoms with Crippen LogP contribution in [0.4, 0.5) is 5.82 Å². The molecule has 0 saturated carbocycles. The van der Waals surface area contributed by atoms with Crippen molar-refractivity contribution in [2.75, 3.05) is 32.8 Å². The lowest BCUT2D eigenvalue weighted by Gasteiger charge is -2.29. The average Bonchev–Trinajstić information content (AvgIpc) is 2.79. The molecule has 0 spiro atoms. The van der Waals surface area contributed by atoms with Crippen molar-refractivity contribution in [3.63, 3.8) is 0 Å². The van der Waals surface area contributed by atoms with Gasteiger partial charge in [-0.1, -0.05) is 0 Å². The zero-order valence-electron chi connectivity index (χ0n) is 12.6. The summed E-state index contributed by atoms with van der Waals surface area (Å²) in [5.74, 6) is 0.127. The smallest absolute Gasteiger partial charge is 0.379 e.